The minimum Gasteiger partial charge on any atom is -0.736 e. The Bertz CT molecular complexity index is 2540. The molecule has 8 nitrogen and oxygen atoms in total. The first-order valence-corrected chi connectivity index (χ1v) is 27.7. The molecule has 0 N–H and O–H groups in total. The molecule has 6 rings (SSSR count). The molecule has 12 heteroatoms. The van der Waals surface area contributed by atoms with Gasteiger partial charge in [0.15, 0.2) is 0 Å². The van der Waals surface area contributed by atoms with Gasteiger partial charge in [-0.1, -0.05) is 222 Å². The normalized spacial score (nSPS) is 18.4. The summed E-state index contributed by atoms with van der Waals surface area (Å²) in [4.78, 5) is 26.6. The van der Waals surface area contributed by atoms with Crippen molar-refractivity contribution in [3.63, 3.8) is 0 Å². The second kappa shape index (κ2) is 20.3. The van der Waals surface area contributed by atoms with Crippen molar-refractivity contribution in [1.82, 2.24) is 0 Å². The van der Waals surface area contributed by atoms with Gasteiger partial charge in [0.1, 0.15) is 23.0 Å². The number of hydrogen-bond acceptors (Lipinski definition) is 8. The number of rotatable bonds is 0. The minimum absolute atomic E-state index is 0. The van der Waals surface area contributed by atoms with Gasteiger partial charge in [-0.25, -0.2) is 9.13 Å². The van der Waals surface area contributed by atoms with Gasteiger partial charge in [-0.2, -0.15) is 0 Å². The van der Waals surface area contributed by atoms with Crippen molar-refractivity contribution in [2.45, 2.75) is 229 Å². The molecule has 71 heavy (non-hydrogen) atoms. The number of phosphoric ester groups is 2. The summed E-state index contributed by atoms with van der Waals surface area (Å²) in [5.41, 5.74) is 9.98. The molecule has 4 aromatic carbocycles. The first-order chi connectivity index (χ1) is 30.6. The fraction of sp³-hybridized carbons (Fsp3) is 0.593. The summed E-state index contributed by atoms with van der Waals surface area (Å²) in [6.45, 7) is 53.3. The SMILES string of the molecule is CC(C)(C)c1cc2c(c(C(C)(C)C)c1)OP(=O)([O-])Oc1c(cc(C(C)(C)C)cc1C(C)(C)C)C2.CC1c2cc(C(C)(C)C)cc(C(C)(C)C)c2OP(=O)([O-])Oc2c1cc(C(C)(C)C)cc2C(C)(C)C.[Li+].[Li+]. The molecule has 0 spiro atoms. The fourth-order valence-corrected chi connectivity index (χ4v) is 10.6. The molecule has 0 saturated carbocycles. The van der Waals surface area contributed by atoms with Crippen molar-refractivity contribution < 1.29 is 74.7 Å². The van der Waals surface area contributed by atoms with Crippen molar-refractivity contribution in [3.05, 3.63) is 115 Å². The summed E-state index contributed by atoms with van der Waals surface area (Å²) in [7, 11) is -9.38. The van der Waals surface area contributed by atoms with Crippen LogP contribution in [0.4, 0.5) is 0 Å². The summed E-state index contributed by atoms with van der Waals surface area (Å²) in [6.07, 6.45) is 0.532. The molecule has 0 saturated heterocycles. The third-order valence-corrected chi connectivity index (χ3v) is 15.0. The van der Waals surface area contributed by atoms with Crippen LogP contribution in [0.1, 0.15) is 246 Å². The van der Waals surface area contributed by atoms with Crippen LogP contribution >= 0.6 is 15.6 Å². The van der Waals surface area contributed by atoms with E-state index in [2.05, 4.69) is 222 Å². The Balaban J connectivity index is 0.000000365. The van der Waals surface area contributed by atoms with Gasteiger partial charge >= 0.3 is 53.4 Å². The molecule has 0 amide bonds. The molecule has 0 aromatic heterocycles. The number of benzene rings is 4. The van der Waals surface area contributed by atoms with Crippen LogP contribution in [0.5, 0.6) is 23.0 Å². The van der Waals surface area contributed by atoms with Gasteiger partial charge in [-0.05, 0) is 76.7 Å². The second-order valence-electron chi connectivity index (χ2n) is 28.1. The molecule has 0 atom stereocenters. The maximum atomic E-state index is 13.4. The van der Waals surface area contributed by atoms with Gasteiger partial charge < -0.3 is 27.9 Å². The largest absolute Gasteiger partial charge is 1.00 e. The molecule has 2 aliphatic rings. The predicted molar refractivity (Wildman–Crippen MR) is 283 cm³/mol. The van der Waals surface area contributed by atoms with Gasteiger partial charge in [0.05, 0.1) is 0 Å². The zero-order valence-corrected chi connectivity index (χ0v) is 50.9. The molecule has 0 aliphatic carbocycles. The van der Waals surface area contributed by atoms with Crippen molar-refractivity contribution in [2.24, 2.45) is 0 Å². The van der Waals surface area contributed by atoms with Gasteiger partial charge in [-0.3, -0.25) is 0 Å². The number of fused-ring (bicyclic) bond motifs is 4. The number of phosphoric acid groups is 2. The van der Waals surface area contributed by atoms with Crippen molar-refractivity contribution >= 4 is 15.6 Å². The zero-order chi connectivity index (χ0) is 53.0. The third kappa shape index (κ3) is 14.5. The van der Waals surface area contributed by atoms with Gasteiger partial charge in [-0.15, -0.1) is 0 Å². The standard InChI is InChI=1S/C30H45O4P.C29H43O4P.2Li/c1-18-21-14-19(27(2,3)4)16-23(29(8,9)10)25(21)33-35(31,32)34-26-22(18)15-20(28(5,6)7)17-24(26)30(11,12)13;1-26(2,3)20-14-18-13-19-15-21(27(4,5)6)17-23(29(10,11)12)25(19)33-34(30,31)32-24(18)22(16-20)28(7,8)9;;/h14-18H,1-13H3,(H,31,32);14-17H,13H2,1-12H3,(H,30,31);;/q;;2*+1/p-2. The predicted octanol–water partition coefficient (Wildman–Crippen LogP) is 9.98. The molecule has 0 radical (unpaired) electrons. The van der Waals surface area contributed by atoms with Gasteiger partial charge in [0.2, 0.25) is 0 Å². The topological polar surface area (TPSA) is 117 Å². The Morgan fingerprint density at radius 3 is 0.803 bits per heavy atom. The summed E-state index contributed by atoms with van der Waals surface area (Å²) in [5, 5.41) is 0. The van der Waals surface area contributed by atoms with Crippen LogP contribution < -0.4 is 65.6 Å². The average molecular weight is 999 g/mol. The second-order valence-corrected chi connectivity index (χ2v) is 30.6. The first kappa shape index (κ1) is 62.9. The molecular weight excluding hydrogens is 912 g/mol. The summed E-state index contributed by atoms with van der Waals surface area (Å²) in [6, 6.07) is 16.9. The maximum Gasteiger partial charge on any atom is 1.00 e. The molecular formula is C59H86Li2O8P2. The van der Waals surface area contributed by atoms with Gasteiger partial charge in [0.25, 0.3) is 0 Å². The Morgan fingerprint density at radius 2 is 0.577 bits per heavy atom. The summed E-state index contributed by atoms with van der Waals surface area (Å²) in [5.74, 6) is 1.49. The Kier molecular flexibility index (Phi) is 18.0. The fourth-order valence-electron chi connectivity index (χ4n) is 8.82. The smallest absolute Gasteiger partial charge is 0.736 e. The van der Waals surface area contributed by atoms with E-state index in [1.54, 1.807) is 0 Å². The van der Waals surface area contributed by atoms with Crippen LogP contribution in [0.25, 0.3) is 0 Å². The molecule has 0 bridgehead atoms. The van der Waals surface area contributed by atoms with E-state index in [0.717, 1.165) is 66.8 Å². The zero-order valence-electron chi connectivity index (χ0n) is 49.1. The van der Waals surface area contributed by atoms with Crippen LogP contribution in [0.3, 0.4) is 0 Å². The van der Waals surface area contributed by atoms with Crippen molar-refractivity contribution in [3.8, 4) is 23.0 Å². The molecule has 382 valence electrons. The first-order valence-electron chi connectivity index (χ1n) is 24.8. The maximum absolute atomic E-state index is 13.4. The molecule has 4 aromatic rings. The monoisotopic (exact) mass is 999 g/mol. The summed E-state index contributed by atoms with van der Waals surface area (Å²) >= 11 is 0. The van der Waals surface area contributed by atoms with E-state index in [0.29, 0.717) is 29.4 Å². The van der Waals surface area contributed by atoms with Crippen LogP contribution in [0.15, 0.2) is 48.5 Å². The summed E-state index contributed by atoms with van der Waals surface area (Å²) < 4.78 is 49.8. The molecule has 2 heterocycles. The van der Waals surface area contributed by atoms with Gasteiger partial charge in [0, 0.05) is 45.7 Å². The minimum atomic E-state index is -4.70. The average Bonchev–Trinajstić information content (AvgIpc) is 3.10. The van der Waals surface area contributed by atoms with E-state index in [4.69, 9.17) is 18.1 Å². The van der Waals surface area contributed by atoms with E-state index >= 15 is 0 Å². The van der Waals surface area contributed by atoms with E-state index < -0.39 is 15.6 Å². The molecule has 0 unspecified atom stereocenters. The Labute approximate surface area is 454 Å². The van der Waals surface area contributed by atoms with E-state index in [1.165, 1.54) is 0 Å². The number of hydrogen-bond donors (Lipinski definition) is 0. The van der Waals surface area contributed by atoms with E-state index in [-0.39, 0.29) is 87.0 Å². The van der Waals surface area contributed by atoms with Crippen molar-refractivity contribution in [2.75, 3.05) is 0 Å². The Morgan fingerprint density at radius 1 is 0.366 bits per heavy atom. The van der Waals surface area contributed by atoms with E-state index in [1.807, 2.05) is 0 Å². The molecule has 2 aliphatic heterocycles. The van der Waals surface area contributed by atoms with Crippen LogP contribution in [-0.4, -0.2) is 0 Å². The van der Waals surface area contributed by atoms with Crippen LogP contribution in [-0.2, 0) is 58.9 Å². The quantitative estimate of drug-likeness (QED) is 0.126. The van der Waals surface area contributed by atoms with Crippen LogP contribution in [0, 0.1) is 0 Å². The Hall–Kier alpha value is -2.35. The molecule has 0 fully saturated rings. The van der Waals surface area contributed by atoms with E-state index in [9.17, 15) is 18.9 Å². The van der Waals surface area contributed by atoms with Crippen LogP contribution in [0.2, 0.25) is 0 Å². The third-order valence-electron chi connectivity index (χ3n) is 13.4. The van der Waals surface area contributed by atoms with Crippen molar-refractivity contribution in [1.29, 1.82) is 0 Å².